The van der Waals surface area contributed by atoms with Crippen molar-refractivity contribution in [2.24, 2.45) is 11.7 Å². The highest BCUT2D eigenvalue weighted by Gasteiger charge is 2.17. The van der Waals surface area contributed by atoms with Gasteiger partial charge in [-0.3, -0.25) is 0 Å². The van der Waals surface area contributed by atoms with Crippen molar-refractivity contribution < 1.29 is 9.26 Å². The van der Waals surface area contributed by atoms with Crippen molar-refractivity contribution >= 4 is 0 Å². The number of aromatic nitrogens is 2. The Bertz CT molecular complexity index is 260. The second kappa shape index (κ2) is 4.34. The lowest BCUT2D eigenvalue weighted by molar-refractivity contribution is 0.174. The van der Waals surface area contributed by atoms with Crippen LogP contribution in [0.2, 0.25) is 0 Å². The number of hydrogen-bond donors (Lipinski definition) is 1. The highest BCUT2D eigenvalue weighted by Crippen LogP contribution is 2.16. The maximum atomic E-state index is 5.81. The molecule has 5 heteroatoms. The average Bonchev–Trinajstić information content (AvgIpc) is 2.52. The summed E-state index contributed by atoms with van der Waals surface area (Å²) in [5.74, 6) is 1.30. The summed E-state index contributed by atoms with van der Waals surface area (Å²) in [6, 6.07) is -0.196. The topological polar surface area (TPSA) is 74.2 Å². The maximum absolute atomic E-state index is 5.81. The van der Waals surface area contributed by atoms with Gasteiger partial charge in [0.25, 0.3) is 0 Å². The molecule has 0 fully saturated rings. The van der Waals surface area contributed by atoms with E-state index in [0.717, 1.165) is 0 Å². The van der Waals surface area contributed by atoms with Crippen molar-refractivity contribution in [1.82, 2.24) is 10.1 Å². The Hall–Kier alpha value is -0.940. The summed E-state index contributed by atoms with van der Waals surface area (Å²) in [5.41, 5.74) is 5.81. The fourth-order valence-corrected chi connectivity index (χ4v) is 0.876. The summed E-state index contributed by atoms with van der Waals surface area (Å²) in [6.45, 7) is 4.37. The van der Waals surface area contributed by atoms with Crippen LogP contribution in [0.4, 0.5) is 0 Å². The summed E-state index contributed by atoms with van der Waals surface area (Å²) in [4.78, 5) is 4.09. The van der Waals surface area contributed by atoms with Crippen LogP contribution in [0.5, 0.6) is 0 Å². The van der Waals surface area contributed by atoms with E-state index in [1.807, 2.05) is 13.8 Å². The van der Waals surface area contributed by atoms with Gasteiger partial charge >= 0.3 is 0 Å². The summed E-state index contributed by atoms with van der Waals surface area (Å²) >= 11 is 0. The molecule has 13 heavy (non-hydrogen) atoms. The molecule has 0 unspecified atom stereocenters. The summed E-state index contributed by atoms with van der Waals surface area (Å²) in [5, 5.41) is 3.72. The molecule has 1 heterocycles. The van der Waals surface area contributed by atoms with E-state index >= 15 is 0 Å². The molecule has 0 saturated carbocycles. The van der Waals surface area contributed by atoms with E-state index in [4.69, 9.17) is 15.0 Å². The van der Waals surface area contributed by atoms with Gasteiger partial charge < -0.3 is 15.0 Å². The monoisotopic (exact) mass is 185 g/mol. The Morgan fingerprint density at radius 1 is 1.54 bits per heavy atom. The number of ether oxygens (including phenoxy) is 1. The molecule has 1 aromatic rings. The van der Waals surface area contributed by atoms with Crippen molar-refractivity contribution in [3.8, 4) is 0 Å². The van der Waals surface area contributed by atoms with Crippen molar-refractivity contribution in [3.05, 3.63) is 11.7 Å². The molecule has 0 saturated heterocycles. The van der Waals surface area contributed by atoms with E-state index in [2.05, 4.69) is 10.1 Å². The van der Waals surface area contributed by atoms with E-state index in [1.165, 1.54) is 0 Å². The van der Waals surface area contributed by atoms with E-state index in [-0.39, 0.29) is 12.0 Å². The van der Waals surface area contributed by atoms with E-state index in [0.29, 0.717) is 18.3 Å². The minimum absolute atomic E-state index is 0.196. The lowest BCUT2D eigenvalue weighted by Crippen LogP contribution is -2.17. The lowest BCUT2D eigenvalue weighted by atomic mass is 10.1. The molecule has 0 aromatic carbocycles. The minimum Gasteiger partial charge on any atom is -0.377 e. The third-order valence-electron chi connectivity index (χ3n) is 1.76. The number of nitrogens with zero attached hydrogens (tertiary/aromatic N) is 2. The molecule has 1 rings (SSSR count). The molecular formula is C8H15N3O2. The number of methoxy groups -OCH3 is 1. The van der Waals surface area contributed by atoms with Gasteiger partial charge in [-0.25, -0.2) is 0 Å². The Labute approximate surface area is 77.3 Å². The molecule has 74 valence electrons. The van der Waals surface area contributed by atoms with E-state index in [1.54, 1.807) is 7.11 Å². The van der Waals surface area contributed by atoms with Gasteiger partial charge in [0, 0.05) is 7.11 Å². The fraction of sp³-hybridized carbons (Fsp3) is 0.750. The highest BCUT2D eigenvalue weighted by molar-refractivity contribution is 4.91. The lowest BCUT2D eigenvalue weighted by Gasteiger charge is -2.09. The number of nitrogens with two attached hydrogens (primary N) is 1. The van der Waals surface area contributed by atoms with Crippen molar-refractivity contribution in [2.45, 2.75) is 26.5 Å². The molecule has 1 atom stereocenters. The predicted molar refractivity (Wildman–Crippen MR) is 46.8 cm³/mol. The van der Waals surface area contributed by atoms with Crippen LogP contribution < -0.4 is 5.73 Å². The van der Waals surface area contributed by atoms with Crippen molar-refractivity contribution in [1.29, 1.82) is 0 Å². The maximum Gasteiger partial charge on any atom is 0.243 e. The Kier molecular flexibility index (Phi) is 3.39. The van der Waals surface area contributed by atoms with Crippen LogP contribution in [0, 0.1) is 5.92 Å². The van der Waals surface area contributed by atoms with Gasteiger partial charge in [-0.2, -0.15) is 4.98 Å². The van der Waals surface area contributed by atoms with Gasteiger partial charge in [0.05, 0.1) is 6.04 Å². The third kappa shape index (κ3) is 2.50. The third-order valence-corrected chi connectivity index (χ3v) is 1.76. The summed E-state index contributed by atoms with van der Waals surface area (Å²) in [6.07, 6.45) is 0. The van der Waals surface area contributed by atoms with Gasteiger partial charge in [-0.05, 0) is 5.92 Å². The van der Waals surface area contributed by atoms with Crippen molar-refractivity contribution in [3.63, 3.8) is 0 Å². The molecule has 0 bridgehead atoms. The predicted octanol–water partition coefficient (Wildman–Crippen LogP) is 0.872. The number of hydrogen-bond acceptors (Lipinski definition) is 5. The van der Waals surface area contributed by atoms with Gasteiger partial charge in [0.1, 0.15) is 6.61 Å². The van der Waals surface area contributed by atoms with Gasteiger partial charge in [-0.15, -0.1) is 0 Å². The first kappa shape index (κ1) is 10.1. The first-order valence-corrected chi connectivity index (χ1v) is 4.22. The smallest absolute Gasteiger partial charge is 0.243 e. The summed E-state index contributed by atoms with van der Waals surface area (Å²) < 4.78 is 9.83. The number of rotatable bonds is 4. The molecule has 2 N–H and O–H groups in total. The standard InChI is InChI=1S/C8H15N3O2/c1-5(2)7(9)8-10-6(4-12-3)11-13-8/h5,7H,4,9H2,1-3H3/t7-/m1/s1. The Balaban J connectivity index is 2.67. The van der Waals surface area contributed by atoms with E-state index in [9.17, 15) is 0 Å². The van der Waals surface area contributed by atoms with Crippen LogP contribution in [-0.4, -0.2) is 17.3 Å². The second-order valence-electron chi connectivity index (χ2n) is 3.25. The SMILES string of the molecule is COCc1noc([C@H](N)C(C)C)n1. The quantitative estimate of drug-likeness (QED) is 0.753. The summed E-state index contributed by atoms with van der Waals surface area (Å²) in [7, 11) is 1.58. The molecule has 0 radical (unpaired) electrons. The fourth-order valence-electron chi connectivity index (χ4n) is 0.876. The van der Waals surface area contributed by atoms with Gasteiger partial charge in [0.15, 0.2) is 5.82 Å². The van der Waals surface area contributed by atoms with Crippen LogP contribution in [-0.2, 0) is 11.3 Å². The average molecular weight is 185 g/mol. The zero-order valence-corrected chi connectivity index (χ0v) is 8.15. The van der Waals surface area contributed by atoms with E-state index < -0.39 is 0 Å². The molecule has 0 aliphatic carbocycles. The minimum atomic E-state index is -0.196. The van der Waals surface area contributed by atoms with Crippen molar-refractivity contribution in [2.75, 3.05) is 7.11 Å². The molecule has 5 nitrogen and oxygen atoms in total. The molecule has 0 amide bonds. The molecule has 1 aromatic heterocycles. The highest BCUT2D eigenvalue weighted by atomic mass is 16.5. The Morgan fingerprint density at radius 2 is 2.23 bits per heavy atom. The molecular weight excluding hydrogens is 170 g/mol. The first-order chi connectivity index (χ1) is 6.15. The molecule has 0 spiro atoms. The Morgan fingerprint density at radius 3 is 2.77 bits per heavy atom. The molecule has 0 aliphatic heterocycles. The van der Waals surface area contributed by atoms with Crippen LogP contribution in [0.1, 0.15) is 31.6 Å². The first-order valence-electron chi connectivity index (χ1n) is 4.22. The van der Waals surface area contributed by atoms with Crippen LogP contribution in [0.3, 0.4) is 0 Å². The van der Waals surface area contributed by atoms with Crippen LogP contribution in [0.15, 0.2) is 4.52 Å². The van der Waals surface area contributed by atoms with Gasteiger partial charge in [-0.1, -0.05) is 19.0 Å². The largest absolute Gasteiger partial charge is 0.377 e. The second-order valence-corrected chi connectivity index (χ2v) is 3.25. The normalized spacial score (nSPS) is 13.6. The zero-order chi connectivity index (χ0) is 9.84. The van der Waals surface area contributed by atoms with Crippen LogP contribution >= 0.6 is 0 Å². The van der Waals surface area contributed by atoms with Crippen LogP contribution in [0.25, 0.3) is 0 Å². The zero-order valence-electron chi connectivity index (χ0n) is 8.15. The van der Waals surface area contributed by atoms with Gasteiger partial charge in [0.2, 0.25) is 5.89 Å². The molecule has 0 aliphatic rings.